The molecule has 3 heterocycles. The molecule has 0 N–H and O–H groups in total. The van der Waals surface area contributed by atoms with Gasteiger partial charge in [0.25, 0.3) is 0 Å². The van der Waals surface area contributed by atoms with Gasteiger partial charge in [-0.15, -0.1) is 11.8 Å². The Bertz CT molecular complexity index is 1240. The van der Waals surface area contributed by atoms with E-state index in [1.54, 1.807) is 23.1 Å². The number of esters is 1. The van der Waals surface area contributed by atoms with Crippen LogP contribution in [0.5, 0.6) is 0 Å². The van der Waals surface area contributed by atoms with Crippen molar-refractivity contribution in [2.45, 2.75) is 43.0 Å². The van der Waals surface area contributed by atoms with Gasteiger partial charge in [0.2, 0.25) is 5.91 Å². The Labute approximate surface area is 208 Å². The Morgan fingerprint density at radius 1 is 1.17 bits per heavy atom. The van der Waals surface area contributed by atoms with Gasteiger partial charge in [0.15, 0.2) is 12.4 Å². The summed E-state index contributed by atoms with van der Waals surface area (Å²) in [5, 5.41) is 0. The predicted octanol–water partition coefficient (Wildman–Crippen LogP) is 4.14. The third kappa shape index (κ3) is 3.75. The van der Waals surface area contributed by atoms with Crippen molar-refractivity contribution in [2.24, 2.45) is 0 Å². The van der Waals surface area contributed by atoms with E-state index < -0.39 is 23.5 Å². The monoisotopic (exact) mass is 494 g/mol. The van der Waals surface area contributed by atoms with Gasteiger partial charge in [-0.05, 0) is 35.7 Å². The van der Waals surface area contributed by atoms with Crippen molar-refractivity contribution < 1.29 is 23.5 Å². The number of ketones is 1. The van der Waals surface area contributed by atoms with Gasteiger partial charge in [0, 0.05) is 42.1 Å². The van der Waals surface area contributed by atoms with Crippen LogP contribution in [0.2, 0.25) is 0 Å². The first kappa shape index (κ1) is 23.6. The fourth-order valence-corrected chi connectivity index (χ4v) is 7.16. The molecule has 0 bridgehead atoms. The van der Waals surface area contributed by atoms with E-state index in [1.807, 2.05) is 30.1 Å². The van der Waals surface area contributed by atoms with E-state index in [9.17, 15) is 18.8 Å². The van der Waals surface area contributed by atoms with Crippen LogP contribution >= 0.6 is 11.8 Å². The van der Waals surface area contributed by atoms with Crippen molar-refractivity contribution in [3.05, 3.63) is 77.2 Å². The van der Waals surface area contributed by atoms with Crippen LogP contribution in [0.4, 0.5) is 10.1 Å². The minimum Gasteiger partial charge on any atom is -0.456 e. The maximum atomic E-state index is 13.5. The molecule has 2 aromatic rings. The van der Waals surface area contributed by atoms with Gasteiger partial charge in [0.05, 0.1) is 0 Å². The van der Waals surface area contributed by atoms with Crippen LogP contribution in [0.1, 0.15) is 37.8 Å². The van der Waals surface area contributed by atoms with Gasteiger partial charge in [-0.1, -0.05) is 44.2 Å². The molecular weight excluding hydrogens is 467 g/mol. The molecular formula is C27H27FN2O4S. The van der Waals surface area contributed by atoms with Gasteiger partial charge < -0.3 is 14.5 Å². The number of halogens is 1. The molecule has 2 fully saturated rings. The van der Waals surface area contributed by atoms with Crippen molar-refractivity contribution in [1.82, 2.24) is 4.90 Å². The van der Waals surface area contributed by atoms with E-state index in [2.05, 4.69) is 19.9 Å². The number of anilines is 1. The number of thioether (sulfide) groups is 1. The summed E-state index contributed by atoms with van der Waals surface area (Å²) in [5.41, 5.74) is 3.44. The largest absolute Gasteiger partial charge is 0.456 e. The number of para-hydroxylation sites is 1. The molecule has 0 aromatic heterocycles. The zero-order chi connectivity index (χ0) is 25.0. The van der Waals surface area contributed by atoms with E-state index in [0.29, 0.717) is 18.6 Å². The average Bonchev–Trinajstić information content (AvgIpc) is 3.45. The van der Waals surface area contributed by atoms with Crippen molar-refractivity contribution in [3.8, 4) is 0 Å². The normalized spacial score (nSPS) is 25.7. The fourth-order valence-electron chi connectivity index (χ4n) is 5.52. The Morgan fingerprint density at radius 2 is 1.89 bits per heavy atom. The number of benzene rings is 2. The van der Waals surface area contributed by atoms with Crippen molar-refractivity contribution >= 4 is 35.1 Å². The summed E-state index contributed by atoms with van der Waals surface area (Å²) in [6, 6.07) is 13.3. The predicted molar refractivity (Wildman–Crippen MR) is 132 cm³/mol. The molecule has 2 atom stereocenters. The Morgan fingerprint density at radius 3 is 2.60 bits per heavy atom. The lowest BCUT2D eigenvalue weighted by Crippen LogP contribution is -2.47. The van der Waals surface area contributed by atoms with Crippen molar-refractivity contribution in [3.63, 3.8) is 0 Å². The molecule has 2 aromatic carbocycles. The molecule has 3 aliphatic heterocycles. The number of amides is 1. The number of nitrogens with zero attached hydrogens (tertiary/aromatic N) is 2. The second-order valence-electron chi connectivity index (χ2n) is 9.69. The van der Waals surface area contributed by atoms with Crippen molar-refractivity contribution in [1.29, 1.82) is 0 Å². The number of carbonyl (C=O) groups is 3. The molecule has 35 heavy (non-hydrogen) atoms. The molecule has 1 amide bonds. The van der Waals surface area contributed by atoms with Crippen molar-refractivity contribution in [2.75, 3.05) is 24.3 Å². The van der Waals surface area contributed by atoms with Gasteiger partial charge in [-0.25, -0.2) is 9.18 Å². The highest BCUT2D eigenvalue weighted by molar-refractivity contribution is 8.00. The highest BCUT2D eigenvalue weighted by atomic mass is 32.2. The van der Waals surface area contributed by atoms with E-state index in [4.69, 9.17) is 4.74 Å². The Hall–Kier alpha value is -3.13. The van der Waals surface area contributed by atoms with Crippen LogP contribution in [-0.2, 0) is 29.4 Å². The summed E-state index contributed by atoms with van der Waals surface area (Å²) in [4.78, 5) is 41.4. The number of carbonyl (C=O) groups excluding carboxylic acids is 3. The number of hydrogen-bond acceptors (Lipinski definition) is 6. The topological polar surface area (TPSA) is 66.9 Å². The van der Waals surface area contributed by atoms with Gasteiger partial charge in [0.1, 0.15) is 16.7 Å². The number of fused-ring (bicyclic) bond motifs is 2. The van der Waals surface area contributed by atoms with Gasteiger partial charge >= 0.3 is 5.97 Å². The lowest BCUT2D eigenvalue weighted by molar-refractivity contribution is -0.155. The number of likely N-dealkylation sites (N-methyl/N-ethyl adjacent to an activating group) is 1. The highest BCUT2D eigenvalue weighted by Gasteiger charge is 2.57. The summed E-state index contributed by atoms with van der Waals surface area (Å²) in [7, 11) is 1.92. The second-order valence-corrected chi connectivity index (χ2v) is 11.0. The van der Waals surface area contributed by atoms with Crippen LogP contribution < -0.4 is 4.90 Å². The van der Waals surface area contributed by atoms with Gasteiger partial charge in [-0.3, -0.25) is 9.59 Å². The number of hydrogen-bond donors (Lipinski definition) is 0. The van der Waals surface area contributed by atoms with E-state index in [1.165, 1.54) is 23.9 Å². The van der Waals surface area contributed by atoms with Crippen LogP contribution in [0.15, 0.2) is 60.3 Å². The standard InChI is InChI=1S/C27H27FN2O4S/c1-26(2)20-6-4-5-7-21(20)29(3)23(26)14-19(31)15-34-25(33)22-16-35-27(13-12-24(32)30(22)27)17-8-10-18(28)11-9-17/h4-11,14,22H,12-13,15-16H2,1-3H3/b23-14-/t22-,27-/m0/s1. The fraction of sp³-hybridized carbons (Fsp3) is 0.370. The van der Waals surface area contributed by atoms with E-state index in [0.717, 1.165) is 22.5 Å². The lowest BCUT2D eigenvalue weighted by atomic mass is 9.83. The SMILES string of the molecule is CN1/C(=C\C(=O)COC(=O)[C@@H]2CS[C@]3(c4ccc(F)cc4)CCC(=O)N23)C(C)(C)c2ccccc21. The molecule has 5 rings (SSSR count). The molecule has 3 aliphatic rings. The van der Waals surface area contributed by atoms with Crippen LogP contribution in [-0.4, -0.2) is 48.0 Å². The molecule has 0 unspecified atom stereocenters. The zero-order valence-electron chi connectivity index (χ0n) is 19.9. The third-order valence-electron chi connectivity index (χ3n) is 7.29. The first-order valence-corrected chi connectivity index (χ1v) is 12.6. The Balaban J connectivity index is 1.29. The molecule has 182 valence electrons. The molecule has 2 saturated heterocycles. The van der Waals surface area contributed by atoms with E-state index in [-0.39, 0.29) is 22.9 Å². The molecule has 0 aliphatic carbocycles. The number of allylic oxidation sites excluding steroid dienone is 1. The quantitative estimate of drug-likeness (QED) is 0.460. The molecule has 8 heteroatoms. The maximum absolute atomic E-state index is 13.5. The van der Waals surface area contributed by atoms with Crippen LogP contribution in [0, 0.1) is 5.82 Å². The molecule has 0 spiro atoms. The smallest absolute Gasteiger partial charge is 0.330 e. The zero-order valence-corrected chi connectivity index (χ0v) is 20.7. The molecule has 6 nitrogen and oxygen atoms in total. The highest BCUT2D eigenvalue weighted by Crippen LogP contribution is 2.54. The summed E-state index contributed by atoms with van der Waals surface area (Å²) >= 11 is 1.49. The first-order valence-electron chi connectivity index (χ1n) is 11.6. The van der Waals surface area contributed by atoms with Crippen LogP contribution in [0.3, 0.4) is 0 Å². The number of ether oxygens (including phenoxy) is 1. The molecule has 0 saturated carbocycles. The average molecular weight is 495 g/mol. The lowest BCUT2D eigenvalue weighted by Gasteiger charge is -2.33. The second kappa shape index (κ2) is 8.52. The van der Waals surface area contributed by atoms with Crippen LogP contribution in [0.25, 0.3) is 0 Å². The number of rotatable bonds is 5. The maximum Gasteiger partial charge on any atom is 0.330 e. The summed E-state index contributed by atoms with van der Waals surface area (Å²) in [6.07, 6.45) is 2.39. The Kier molecular flexibility index (Phi) is 5.74. The summed E-state index contributed by atoms with van der Waals surface area (Å²) in [5.74, 6) is -1.04. The first-order chi connectivity index (χ1) is 16.6. The van der Waals surface area contributed by atoms with Gasteiger partial charge in [-0.2, -0.15) is 0 Å². The third-order valence-corrected chi connectivity index (χ3v) is 8.89. The molecule has 0 radical (unpaired) electrons. The summed E-state index contributed by atoms with van der Waals surface area (Å²) < 4.78 is 18.9. The van der Waals surface area contributed by atoms with E-state index >= 15 is 0 Å². The summed E-state index contributed by atoms with van der Waals surface area (Å²) in [6.45, 7) is 3.73. The minimum absolute atomic E-state index is 0.137. The minimum atomic E-state index is -0.782.